The third kappa shape index (κ3) is 5.80. The van der Waals surface area contributed by atoms with E-state index >= 15 is 0 Å². The first-order chi connectivity index (χ1) is 19.8. The molecule has 4 aromatic rings. The molecule has 2 aliphatic rings. The predicted octanol–water partition coefficient (Wildman–Crippen LogP) is 2.95. The molecule has 6 rings (SSSR count). The Balaban J connectivity index is 1.14. The number of imidazole rings is 1. The Labute approximate surface area is 239 Å². The Hall–Kier alpha value is -3.90. The average Bonchev–Trinajstić information content (AvgIpc) is 3.37. The number of hydrogen-bond acceptors (Lipinski definition) is 9. The van der Waals surface area contributed by atoms with Crippen LogP contribution in [0.2, 0.25) is 0 Å². The van der Waals surface area contributed by atoms with E-state index in [0.717, 1.165) is 67.9 Å². The van der Waals surface area contributed by atoms with Gasteiger partial charge in [-0.3, -0.25) is 14.7 Å². The van der Waals surface area contributed by atoms with Gasteiger partial charge < -0.3 is 15.2 Å². The minimum atomic E-state index is -3.36. The minimum absolute atomic E-state index is 0.0398. The van der Waals surface area contributed by atoms with Crippen molar-refractivity contribution in [1.29, 1.82) is 0 Å². The van der Waals surface area contributed by atoms with Crippen LogP contribution in [-0.4, -0.2) is 81.1 Å². The van der Waals surface area contributed by atoms with Gasteiger partial charge in [0.05, 0.1) is 15.9 Å². The lowest BCUT2D eigenvalue weighted by Gasteiger charge is -2.38. The summed E-state index contributed by atoms with van der Waals surface area (Å²) in [6, 6.07) is 10.9. The number of sulfone groups is 1. The number of hydrogen-bond donors (Lipinski definition) is 1. The quantitative estimate of drug-likeness (QED) is 0.368. The first kappa shape index (κ1) is 27.3. The number of anilines is 1. The van der Waals surface area contributed by atoms with Crippen LogP contribution < -0.4 is 5.73 Å². The highest BCUT2D eigenvalue weighted by Gasteiger charge is 2.32. The van der Waals surface area contributed by atoms with Gasteiger partial charge in [0.2, 0.25) is 11.9 Å². The van der Waals surface area contributed by atoms with Crippen molar-refractivity contribution < 1.29 is 13.2 Å². The molecule has 0 atom stereocenters. The predicted molar refractivity (Wildman–Crippen MR) is 155 cm³/mol. The zero-order valence-corrected chi connectivity index (χ0v) is 23.9. The molecule has 0 aliphatic carbocycles. The fourth-order valence-corrected chi connectivity index (χ4v) is 6.64. The average molecular weight is 575 g/mol. The molecule has 0 saturated carbocycles. The maximum atomic E-state index is 13.5. The van der Waals surface area contributed by atoms with Crippen LogP contribution in [0.25, 0.3) is 22.6 Å². The second-order valence-electron chi connectivity index (χ2n) is 11.0. The summed E-state index contributed by atoms with van der Waals surface area (Å²) in [7, 11) is -3.36. The standard InChI is InChI=1S/C29H34N8O3S/c1-41(39,40)23-5-6-26-25(16-23)34-27(24-4-2-3-11-31-24)37(26)22-9-14-36(15-10-22)28(38)21-7-12-35(13-8-21)19-20-17-32-29(30)33-18-20/h2-6,11,16-18,21-22H,7-10,12-15,19H2,1H3,(H2,30,32,33). The summed E-state index contributed by atoms with van der Waals surface area (Å²) in [5.74, 6) is 1.28. The van der Waals surface area contributed by atoms with E-state index in [-0.39, 0.29) is 28.7 Å². The normalized spacial score (nSPS) is 17.7. The number of nitrogens with two attached hydrogens (primary N) is 1. The molecule has 0 bridgehead atoms. The maximum absolute atomic E-state index is 13.5. The number of nitrogens with zero attached hydrogens (tertiary/aromatic N) is 7. The lowest BCUT2D eigenvalue weighted by atomic mass is 9.93. The lowest BCUT2D eigenvalue weighted by molar-refractivity contribution is -0.138. The largest absolute Gasteiger partial charge is 0.368 e. The highest BCUT2D eigenvalue weighted by Crippen LogP contribution is 2.34. The van der Waals surface area contributed by atoms with E-state index in [4.69, 9.17) is 10.7 Å². The molecule has 1 aromatic carbocycles. The molecular formula is C29H34N8O3S. The molecule has 214 valence electrons. The number of piperidine rings is 2. The number of rotatable bonds is 6. The Morgan fingerprint density at radius 3 is 2.37 bits per heavy atom. The molecule has 3 aromatic heterocycles. The van der Waals surface area contributed by atoms with Crippen LogP contribution in [0.1, 0.15) is 37.3 Å². The first-order valence-electron chi connectivity index (χ1n) is 14.0. The van der Waals surface area contributed by atoms with Crippen molar-refractivity contribution in [2.45, 2.75) is 43.2 Å². The van der Waals surface area contributed by atoms with Crippen LogP contribution in [0.3, 0.4) is 0 Å². The molecule has 0 radical (unpaired) electrons. The van der Waals surface area contributed by atoms with Crippen molar-refractivity contribution in [2.75, 3.05) is 38.2 Å². The monoisotopic (exact) mass is 574 g/mol. The zero-order chi connectivity index (χ0) is 28.6. The van der Waals surface area contributed by atoms with Gasteiger partial charge in [0.25, 0.3) is 0 Å². The van der Waals surface area contributed by atoms with Crippen molar-refractivity contribution in [3.05, 3.63) is 60.6 Å². The molecule has 5 heterocycles. The van der Waals surface area contributed by atoms with E-state index < -0.39 is 9.84 Å². The van der Waals surface area contributed by atoms with Gasteiger partial charge in [0.15, 0.2) is 15.7 Å². The van der Waals surface area contributed by atoms with E-state index in [0.29, 0.717) is 18.6 Å². The fraction of sp³-hybridized carbons (Fsp3) is 0.414. The summed E-state index contributed by atoms with van der Waals surface area (Å²) in [5.41, 5.74) is 8.86. The number of carbonyl (C=O) groups is 1. The number of likely N-dealkylation sites (tertiary alicyclic amines) is 2. The van der Waals surface area contributed by atoms with Crippen LogP contribution >= 0.6 is 0 Å². The second-order valence-corrected chi connectivity index (χ2v) is 13.0. The van der Waals surface area contributed by atoms with Crippen molar-refractivity contribution in [1.82, 2.24) is 34.3 Å². The topological polar surface area (TPSA) is 140 Å². The Morgan fingerprint density at radius 2 is 1.71 bits per heavy atom. The highest BCUT2D eigenvalue weighted by molar-refractivity contribution is 7.90. The van der Waals surface area contributed by atoms with Crippen LogP contribution in [0.4, 0.5) is 5.95 Å². The second kappa shape index (κ2) is 11.2. The summed E-state index contributed by atoms with van der Waals surface area (Å²) < 4.78 is 26.6. The molecule has 2 saturated heterocycles. The van der Waals surface area contributed by atoms with Gasteiger partial charge in [-0.15, -0.1) is 0 Å². The van der Waals surface area contributed by atoms with Gasteiger partial charge >= 0.3 is 0 Å². The molecule has 11 nitrogen and oxygen atoms in total. The summed E-state index contributed by atoms with van der Waals surface area (Å²) >= 11 is 0. The summed E-state index contributed by atoms with van der Waals surface area (Å²) in [6.45, 7) is 3.84. The van der Waals surface area contributed by atoms with E-state index in [2.05, 4.69) is 24.4 Å². The zero-order valence-electron chi connectivity index (χ0n) is 23.1. The van der Waals surface area contributed by atoms with Gasteiger partial charge in [-0.05, 0) is 69.1 Å². The summed E-state index contributed by atoms with van der Waals surface area (Å²) in [5, 5.41) is 0. The smallest absolute Gasteiger partial charge is 0.225 e. The number of amides is 1. The van der Waals surface area contributed by atoms with Gasteiger partial charge in [0.1, 0.15) is 5.69 Å². The van der Waals surface area contributed by atoms with Gasteiger partial charge in [-0.2, -0.15) is 0 Å². The van der Waals surface area contributed by atoms with Crippen LogP contribution in [-0.2, 0) is 21.2 Å². The molecule has 1 amide bonds. The molecule has 41 heavy (non-hydrogen) atoms. The van der Waals surface area contributed by atoms with Crippen LogP contribution in [0.5, 0.6) is 0 Å². The Kier molecular flexibility index (Phi) is 7.43. The van der Waals surface area contributed by atoms with Crippen molar-refractivity contribution in [3.8, 4) is 11.5 Å². The van der Waals surface area contributed by atoms with Crippen molar-refractivity contribution in [2.24, 2.45) is 5.92 Å². The third-order valence-corrected chi connectivity index (χ3v) is 9.30. The minimum Gasteiger partial charge on any atom is -0.368 e. The van der Waals surface area contributed by atoms with Crippen molar-refractivity contribution in [3.63, 3.8) is 0 Å². The van der Waals surface area contributed by atoms with Gasteiger partial charge in [0, 0.05) is 62.0 Å². The molecule has 2 aliphatic heterocycles. The van der Waals surface area contributed by atoms with Crippen LogP contribution in [0.15, 0.2) is 59.9 Å². The van der Waals surface area contributed by atoms with Gasteiger partial charge in [-0.25, -0.2) is 23.4 Å². The fourth-order valence-electron chi connectivity index (χ4n) is 6.00. The summed E-state index contributed by atoms with van der Waals surface area (Å²) in [6.07, 6.45) is 9.73. The van der Waals surface area contributed by atoms with Gasteiger partial charge in [-0.1, -0.05) is 6.07 Å². The molecular weight excluding hydrogens is 540 g/mol. The van der Waals surface area contributed by atoms with Crippen molar-refractivity contribution >= 4 is 32.7 Å². The van der Waals surface area contributed by atoms with E-state index in [1.54, 1.807) is 30.7 Å². The number of benzene rings is 1. The van der Waals surface area contributed by atoms with E-state index in [1.165, 1.54) is 6.26 Å². The summed E-state index contributed by atoms with van der Waals surface area (Å²) in [4.78, 5) is 35.6. The van der Waals surface area contributed by atoms with E-state index in [1.807, 2.05) is 29.2 Å². The number of aromatic nitrogens is 5. The number of pyridine rings is 1. The number of carbonyl (C=O) groups excluding carboxylic acids is 1. The molecule has 0 spiro atoms. The Bertz CT molecular complexity index is 1640. The highest BCUT2D eigenvalue weighted by atomic mass is 32.2. The van der Waals surface area contributed by atoms with Crippen LogP contribution in [0, 0.1) is 5.92 Å². The first-order valence-corrected chi connectivity index (χ1v) is 15.9. The number of nitrogen functional groups attached to an aromatic ring is 1. The lowest BCUT2D eigenvalue weighted by Crippen LogP contribution is -2.45. The SMILES string of the molecule is CS(=O)(=O)c1ccc2c(c1)nc(-c1ccccn1)n2C1CCN(C(=O)C2CCN(Cc3cnc(N)nc3)CC2)CC1. The maximum Gasteiger partial charge on any atom is 0.225 e. The molecule has 2 fully saturated rings. The molecule has 2 N–H and O–H groups in total. The third-order valence-electron chi connectivity index (χ3n) is 8.19. The Morgan fingerprint density at radius 1 is 0.976 bits per heavy atom. The molecule has 12 heteroatoms. The number of fused-ring (bicyclic) bond motifs is 1. The molecule has 0 unspecified atom stereocenters. The van der Waals surface area contributed by atoms with E-state index in [9.17, 15) is 13.2 Å².